The lowest BCUT2D eigenvalue weighted by molar-refractivity contribution is 0.393. The van der Waals surface area contributed by atoms with E-state index in [2.05, 4.69) is 51.3 Å². The Kier molecular flexibility index (Phi) is 7.86. The van der Waals surface area contributed by atoms with Crippen molar-refractivity contribution in [1.29, 1.82) is 0 Å². The summed E-state index contributed by atoms with van der Waals surface area (Å²) in [7, 11) is 0. The van der Waals surface area contributed by atoms with E-state index in [4.69, 9.17) is 9.72 Å². The lowest BCUT2D eigenvalue weighted by atomic mass is 10.0. The molecule has 4 heterocycles. The molecule has 2 aliphatic heterocycles. The number of anilines is 3. The number of hydrazone groups is 1. The van der Waals surface area contributed by atoms with Gasteiger partial charge in [0, 0.05) is 31.2 Å². The molecule has 2 aromatic heterocycles. The Morgan fingerprint density at radius 1 is 1.24 bits per heavy atom. The fourth-order valence-electron chi connectivity index (χ4n) is 4.95. The van der Waals surface area contributed by atoms with E-state index in [0.29, 0.717) is 18.3 Å². The van der Waals surface area contributed by atoms with Crippen LogP contribution in [0.2, 0.25) is 0 Å². The number of rotatable bonds is 8. The lowest BCUT2D eigenvalue weighted by Crippen LogP contribution is -2.29. The molecule has 1 aromatic carbocycles. The summed E-state index contributed by atoms with van der Waals surface area (Å²) in [6.45, 7) is 11.3. The van der Waals surface area contributed by atoms with Crippen LogP contribution in [0, 0.1) is 12.8 Å². The van der Waals surface area contributed by atoms with Gasteiger partial charge in [0.25, 0.3) is 0 Å². The molecule has 0 radical (unpaired) electrons. The maximum Gasteiger partial charge on any atom is 0.160 e. The van der Waals surface area contributed by atoms with Crippen LogP contribution in [0.1, 0.15) is 51.2 Å². The maximum atomic E-state index is 6.14. The first-order chi connectivity index (χ1) is 18.5. The number of aromatic nitrogens is 3. The van der Waals surface area contributed by atoms with Gasteiger partial charge in [-0.2, -0.15) is 5.10 Å². The van der Waals surface area contributed by atoms with E-state index in [9.17, 15) is 0 Å². The summed E-state index contributed by atoms with van der Waals surface area (Å²) < 4.78 is 6.14. The molecule has 38 heavy (non-hydrogen) atoms. The predicted octanol–water partition coefficient (Wildman–Crippen LogP) is 6.36. The number of pyridine rings is 1. The highest BCUT2D eigenvalue weighted by Crippen LogP contribution is 2.33. The van der Waals surface area contributed by atoms with Crippen molar-refractivity contribution in [2.45, 2.75) is 53.4 Å². The Morgan fingerprint density at radius 2 is 2.13 bits per heavy atom. The SMILES string of the molecule is C/C=N\N1C=CC(Oc2ccc(Nc3ncnc4cc5c(nc34)N(CCCC)CC(C)CC5)cc2C)=CC1. The molecular formula is C30H37N7O. The zero-order valence-corrected chi connectivity index (χ0v) is 22.8. The van der Waals surface area contributed by atoms with E-state index in [0.717, 1.165) is 65.5 Å². The van der Waals surface area contributed by atoms with Gasteiger partial charge in [0.2, 0.25) is 0 Å². The second kappa shape index (κ2) is 11.6. The van der Waals surface area contributed by atoms with Crippen molar-refractivity contribution >= 4 is 34.6 Å². The standard InChI is InChI=1S/C30H37N7O/c1-5-7-14-36-19-21(3)8-9-23-18-26-28(35-30(23)36)29(32-20-31-26)34-24-10-11-27(22(4)17-24)38-25-12-15-37(16-13-25)33-6-2/h6,10-13,15,17-18,20-21H,5,7-9,14,16,19H2,1-4H3,(H,31,32,34)/b33-6-. The summed E-state index contributed by atoms with van der Waals surface area (Å²) in [5.41, 5.74) is 4.92. The molecule has 0 amide bonds. The summed E-state index contributed by atoms with van der Waals surface area (Å²) in [5, 5.41) is 9.60. The van der Waals surface area contributed by atoms with Crippen molar-refractivity contribution in [2.24, 2.45) is 11.0 Å². The minimum Gasteiger partial charge on any atom is -0.457 e. The van der Waals surface area contributed by atoms with Gasteiger partial charge in [-0.15, -0.1) is 0 Å². The van der Waals surface area contributed by atoms with Gasteiger partial charge in [-0.1, -0.05) is 20.3 Å². The van der Waals surface area contributed by atoms with Crippen LogP contribution in [-0.2, 0) is 6.42 Å². The average Bonchev–Trinajstić information content (AvgIpc) is 3.07. The monoisotopic (exact) mass is 511 g/mol. The molecule has 1 unspecified atom stereocenters. The van der Waals surface area contributed by atoms with Crippen LogP contribution in [0.4, 0.5) is 17.3 Å². The number of nitrogens with zero attached hydrogens (tertiary/aromatic N) is 6. The van der Waals surface area contributed by atoms with E-state index in [1.807, 2.05) is 49.3 Å². The molecular weight excluding hydrogens is 474 g/mol. The molecule has 0 saturated heterocycles. The van der Waals surface area contributed by atoms with E-state index < -0.39 is 0 Å². The Morgan fingerprint density at radius 3 is 2.89 bits per heavy atom. The molecule has 2 aliphatic rings. The van der Waals surface area contributed by atoms with E-state index in [1.54, 1.807) is 12.5 Å². The molecule has 0 fully saturated rings. The van der Waals surface area contributed by atoms with Crippen LogP contribution in [0.3, 0.4) is 0 Å². The van der Waals surface area contributed by atoms with Crippen LogP contribution in [0.15, 0.2) is 59.8 Å². The summed E-state index contributed by atoms with van der Waals surface area (Å²) in [6, 6.07) is 8.28. The number of hydrogen-bond acceptors (Lipinski definition) is 8. The van der Waals surface area contributed by atoms with Crippen molar-refractivity contribution in [2.75, 3.05) is 29.9 Å². The van der Waals surface area contributed by atoms with Crippen molar-refractivity contribution < 1.29 is 4.74 Å². The molecule has 0 aliphatic carbocycles. The number of unbranched alkanes of at least 4 members (excludes halogenated alkanes) is 1. The first kappa shape index (κ1) is 25.7. The van der Waals surface area contributed by atoms with E-state index in [1.165, 1.54) is 18.4 Å². The van der Waals surface area contributed by atoms with Gasteiger partial charge < -0.3 is 15.0 Å². The van der Waals surface area contributed by atoms with Gasteiger partial charge >= 0.3 is 0 Å². The smallest absolute Gasteiger partial charge is 0.160 e. The van der Waals surface area contributed by atoms with Crippen LogP contribution in [-0.4, -0.2) is 45.8 Å². The number of allylic oxidation sites excluding steroid dienone is 1. The number of nitrogens with one attached hydrogen (secondary N) is 1. The van der Waals surface area contributed by atoms with Crippen LogP contribution < -0.4 is 15.0 Å². The number of ether oxygens (including phenoxy) is 1. The van der Waals surface area contributed by atoms with Gasteiger partial charge in [0.1, 0.15) is 29.2 Å². The molecule has 3 aromatic rings. The highest BCUT2D eigenvalue weighted by Gasteiger charge is 2.22. The molecule has 0 saturated carbocycles. The third-order valence-corrected chi connectivity index (χ3v) is 7.01. The zero-order valence-electron chi connectivity index (χ0n) is 22.8. The topological polar surface area (TPSA) is 78.8 Å². The first-order valence-corrected chi connectivity index (χ1v) is 13.6. The van der Waals surface area contributed by atoms with Crippen molar-refractivity contribution in [3.05, 3.63) is 65.8 Å². The predicted molar refractivity (Wildman–Crippen MR) is 155 cm³/mol. The third kappa shape index (κ3) is 5.79. The second-order valence-corrected chi connectivity index (χ2v) is 10.1. The van der Waals surface area contributed by atoms with E-state index in [-0.39, 0.29) is 0 Å². The quantitative estimate of drug-likeness (QED) is 0.352. The Balaban J connectivity index is 1.38. The van der Waals surface area contributed by atoms with Gasteiger partial charge in [-0.05, 0) is 86.6 Å². The van der Waals surface area contributed by atoms with Crippen LogP contribution in [0.5, 0.6) is 5.75 Å². The van der Waals surface area contributed by atoms with Crippen molar-refractivity contribution in [1.82, 2.24) is 20.0 Å². The molecule has 8 nitrogen and oxygen atoms in total. The summed E-state index contributed by atoms with van der Waals surface area (Å²) in [6.07, 6.45) is 13.8. The summed E-state index contributed by atoms with van der Waals surface area (Å²) in [4.78, 5) is 16.8. The molecule has 1 N–H and O–H groups in total. The first-order valence-electron chi connectivity index (χ1n) is 13.6. The number of fused-ring (bicyclic) bond motifs is 2. The van der Waals surface area contributed by atoms with Crippen molar-refractivity contribution in [3.63, 3.8) is 0 Å². The van der Waals surface area contributed by atoms with Crippen LogP contribution in [0.25, 0.3) is 11.0 Å². The molecule has 0 spiro atoms. The Hall–Kier alpha value is -3.94. The fourth-order valence-corrected chi connectivity index (χ4v) is 4.95. The fraction of sp³-hybridized carbons (Fsp3) is 0.400. The minimum absolute atomic E-state index is 0.639. The second-order valence-electron chi connectivity index (χ2n) is 10.1. The van der Waals surface area contributed by atoms with Gasteiger partial charge in [-0.3, -0.25) is 5.01 Å². The number of benzene rings is 1. The average molecular weight is 512 g/mol. The largest absolute Gasteiger partial charge is 0.457 e. The lowest BCUT2D eigenvalue weighted by Gasteiger charge is -2.26. The number of aryl methyl sites for hydroxylation is 2. The Bertz CT molecular complexity index is 1380. The van der Waals surface area contributed by atoms with Gasteiger partial charge in [0.05, 0.1) is 12.1 Å². The highest BCUT2D eigenvalue weighted by atomic mass is 16.5. The van der Waals surface area contributed by atoms with Gasteiger partial charge in [-0.25, -0.2) is 15.0 Å². The normalized spacial score (nSPS) is 17.5. The zero-order chi connectivity index (χ0) is 26.5. The minimum atomic E-state index is 0.639. The molecule has 0 bridgehead atoms. The third-order valence-electron chi connectivity index (χ3n) is 7.01. The maximum absolute atomic E-state index is 6.14. The number of hydrogen-bond donors (Lipinski definition) is 1. The molecule has 1 atom stereocenters. The van der Waals surface area contributed by atoms with Gasteiger partial charge in [0.15, 0.2) is 5.82 Å². The van der Waals surface area contributed by atoms with Crippen LogP contribution >= 0.6 is 0 Å². The summed E-state index contributed by atoms with van der Waals surface area (Å²) in [5.74, 6) is 4.07. The molecule has 198 valence electrons. The molecule has 5 rings (SSSR count). The Labute approximate surface area is 225 Å². The highest BCUT2D eigenvalue weighted by molar-refractivity contribution is 5.89. The summed E-state index contributed by atoms with van der Waals surface area (Å²) >= 11 is 0. The van der Waals surface area contributed by atoms with Crippen molar-refractivity contribution in [3.8, 4) is 5.75 Å². The van der Waals surface area contributed by atoms with E-state index >= 15 is 0 Å². The molecule has 8 heteroatoms.